The van der Waals surface area contributed by atoms with Gasteiger partial charge in [-0.25, -0.2) is 0 Å². The van der Waals surface area contributed by atoms with Crippen LogP contribution in [0.3, 0.4) is 0 Å². The third-order valence-electron chi connectivity index (χ3n) is 4.60. The van der Waals surface area contributed by atoms with Gasteiger partial charge in [-0.3, -0.25) is 0 Å². The summed E-state index contributed by atoms with van der Waals surface area (Å²) in [6.45, 7) is 2.30. The molecule has 2 heteroatoms. The molecule has 3 unspecified atom stereocenters. The van der Waals surface area contributed by atoms with Gasteiger partial charge in [0.2, 0.25) is 0 Å². The summed E-state index contributed by atoms with van der Waals surface area (Å²) in [6.07, 6.45) is 7.87. The Hall–Kier alpha value is -0.530. The maximum Gasteiger partial charge on any atom is 0.0438 e. The average molecular weight is 280 g/mol. The number of benzene rings is 1. The summed E-state index contributed by atoms with van der Waals surface area (Å²) in [5.41, 5.74) is 1.31. The fourth-order valence-corrected chi connectivity index (χ4v) is 3.80. The van der Waals surface area contributed by atoms with Crippen molar-refractivity contribution in [2.24, 2.45) is 11.8 Å². The quantitative estimate of drug-likeness (QED) is 0.825. The van der Waals surface area contributed by atoms with E-state index in [4.69, 9.17) is 11.6 Å². The highest BCUT2D eigenvalue weighted by Gasteiger charge is 2.29. The van der Waals surface area contributed by atoms with Crippen LogP contribution in [0.2, 0.25) is 5.02 Å². The van der Waals surface area contributed by atoms with Crippen molar-refractivity contribution in [3.63, 3.8) is 0 Å². The molecular weight excluding hydrogens is 254 g/mol. The Labute approximate surface area is 122 Å². The minimum atomic E-state index is 0.657. The third kappa shape index (κ3) is 3.97. The first-order valence-electron chi connectivity index (χ1n) is 7.65. The van der Waals surface area contributed by atoms with Crippen molar-refractivity contribution in [3.8, 4) is 0 Å². The zero-order valence-corrected chi connectivity index (χ0v) is 12.9. The number of rotatable bonds is 5. The van der Waals surface area contributed by atoms with Gasteiger partial charge in [-0.2, -0.15) is 0 Å². The van der Waals surface area contributed by atoms with Crippen LogP contribution in [0.25, 0.3) is 0 Å². The number of hydrogen-bond acceptors (Lipinski definition) is 1. The molecule has 0 aliphatic heterocycles. The molecule has 19 heavy (non-hydrogen) atoms. The van der Waals surface area contributed by atoms with E-state index in [1.807, 2.05) is 12.1 Å². The maximum absolute atomic E-state index is 6.31. The standard InChI is InChI=1S/C17H26ClN/c1-3-6-13-9-10-17(19-2)15(11-13)12-14-7-4-5-8-16(14)18/h4-5,7-8,13,15,17,19H,3,6,9-12H2,1-2H3. The molecule has 106 valence electrons. The third-order valence-corrected chi connectivity index (χ3v) is 4.97. The van der Waals surface area contributed by atoms with Gasteiger partial charge in [0, 0.05) is 11.1 Å². The number of hydrogen-bond donors (Lipinski definition) is 1. The van der Waals surface area contributed by atoms with Crippen molar-refractivity contribution in [1.29, 1.82) is 0 Å². The molecule has 1 aromatic rings. The summed E-state index contributed by atoms with van der Waals surface area (Å²) >= 11 is 6.31. The highest BCUT2D eigenvalue weighted by Crippen LogP contribution is 2.35. The maximum atomic E-state index is 6.31. The molecule has 0 bridgehead atoms. The van der Waals surface area contributed by atoms with E-state index in [9.17, 15) is 0 Å². The largest absolute Gasteiger partial charge is 0.317 e. The molecule has 2 rings (SSSR count). The topological polar surface area (TPSA) is 12.0 Å². The van der Waals surface area contributed by atoms with E-state index < -0.39 is 0 Å². The van der Waals surface area contributed by atoms with Crippen molar-refractivity contribution in [3.05, 3.63) is 34.9 Å². The van der Waals surface area contributed by atoms with Gasteiger partial charge in [0.25, 0.3) is 0 Å². The Morgan fingerprint density at radius 3 is 2.74 bits per heavy atom. The van der Waals surface area contributed by atoms with Gasteiger partial charge >= 0.3 is 0 Å². The summed E-state index contributed by atoms with van der Waals surface area (Å²) < 4.78 is 0. The molecule has 0 radical (unpaired) electrons. The van der Waals surface area contributed by atoms with E-state index >= 15 is 0 Å². The van der Waals surface area contributed by atoms with Gasteiger partial charge in [-0.1, -0.05) is 49.6 Å². The smallest absolute Gasteiger partial charge is 0.0438 e. The molecule has 1 N–H and O–H groups in total. The molecular formula is C17H26ClN. The molecule has 0 aromatic heterocycles. The van der Waals surface area contributed by atoms with Crippen LogP contribution >= 0.6 is 11.6 Å². The Balaban J connectivity index is 2.04. The van der Waals surface area contributed by atoms with Gasteiger partial charge < -0.3 is 5.32 Å². The normalized spacial score (nSPS) is 27.4. The SMILES string of the molecule is CCCC1CCC(NC)C(Cc2ccccc2Cl)C1. The highest BCUT2D eigenvalue weighted by molar-refractivity contribution is 6.31. The fourth-order valence-electron chi connectivity index (χ4n) is 3.58. The van der Waals surface area contributed by atoms with Gasteiger partial charge in [0.1, 0.15) is 0 Å². The van der Waals surface area contributed by atoms with Crippen LogP contribution < -0.4 is 5.32 Å². The summed E-state index contributed by atoms with van der Waals surface area (Å²) in [7, 11) is 2.10. The zero-order valence-electron chi connectivity index (χ0n) is 12.2. The van der Waals surface area contributed by atoms with Gasteiger partial charge in [0.15, 0.2) is 0 Å². The molecule has 1 aliphatic rings. The molecule has 1 saturated carbocycles. The molecule has 1 nitrogen and oxygen atoms in total. The van der Waals surface area contributed by atoms with Crippen LogP contribution in [0.4, 0.5) is 0 Å². The number of halogens is 1. The zero-order chi connectivity index (χ0) is 13.7. The van der Waals surface area contributed by atoms with Gasteiger partial charge in [-0.15, -0.1) is 0 Å². The lowest BCUT2D eigenvalue weighted by atomic mass is 9.74. The summed E-state index contributed by atoms with van der Waals surface area (Å²) in [5.74, 6) is 1.65. The lowest BCUT2D eigenvalue weighted by molar-refractivity contribution is 0.200. The molecule has 0 amide bonds. The van der Waals surface area contributed by atoms with E-state index in [0.717, 1.165) is 23.3 Å². The van der Waals surface area contributed by atoms with E-state index in [2.05, 4.69) is 31.4 Å². The minimum Gasteiger partial charge on any atom is -0.317 e. The lowest BCUT2D eigenvalue weighted by Crippen LogP contribution is -2.39. The van der Waals surface area contributed by atoms with Crippen LogP contribution in [0.1, 0.15) is 44.6 Å². The van der Waals surface area contributed by atoms with E-state index in [1.54, 1.807) is 0 Å². The summed E-state index contributed by atoms with van der Waals surface area (Å²) in [5, 5.41) is 4.44. The first-order chi connectivity index (χ1) is 9.24. The molecule has 0 saturated heterocycles. The first-order valence-corrected chi connectivity index (χ1v) is 8.03. The molecule has 3 atom stereocenters. The Morgan fingerprint density at radius 2 is 2.05 bits per heavy atom. The molecule has 1 fully saturated rings. The van der Waals surface area contributed by atoms with Gasteiger partial charge in [0.05, 0.1) is 0 Å². The molecule has 1 aliphatic carbocycles. The van der Waals surface area contributed by atoms with E-state index in [0.29, 0.717) is 6.04 Å². The van der Waals surface area contributed by atoms with Crippen LogP contribution in [0.15, 0.2) is 24.3 Å². The van der Waals surface area contributed by atoms with E-state index in [-0.39, 0.29) is 0 Å². The highest BCUT2D eigenvalue weighted by atomic mass is 35.5. The molecule has 0 heterocycles. The molecule has 1 aromatic carbocycles. The van der Waals surface area contributed by atoms with Crippen LogP contribution in [0.5, 0.6) is 0 Å². The fraction of sp³-hybridized carbons (Fsp3) is 0.647. The van der Waals surface area contributed by atoms with Crippen molar-refractivity contribution < 1.29 is 0 Å². The second-order valence-corrected chi connectivity index (χ2v) is 6.33. The van der Waals surface area contributed by atoms with Crippen molar-refractivity contribution >= 4 is 11.6 Å². The van der Waals surface area contributed by atoms with Crippen molar-refractivity contribution in [2.45, 2.75) is 51.5 Å². The van der Waals surface area contributed by atoms with E-state index in [1.165, 1.54) is 37.7 Å². The van der Waals surface area contributed by atoms with Gasteiger partial charge in [-0.05, 0) is 56.2 Å². The lowest BCUT2D eigenvalue weighted by Gasteiger charge is -2.36. The minimum absolute atomic E-state index is 0.657. The number of nitrogens with one attached hydrogen (secondary N) is 1. The second kappa shape index (κ2) is 7.31. The predicted molar refractivity (Wildman–Crippen MR) is 83.7 cm³/mol. The second-order valence-electron chi connectivity index (χ2n) is 5.92. The van der Waals surface area contributed by atoms with Crippen LogP contribution in [0, 0.1) is 11.8 Å². The van der Waals surface area contributed by atoms with Crippen molar-refractivity contribution in [2.75, 3.05) is 7.05 Å². The Morgan fingerprint density at radius 1 is 1.26 bits per heavy atom. The Kier molecular flexibility index (Phi) is 5.72. The monoisotopic (exact) mass is 279 g/mol. The van der Waals surface area contributed by atoms with Crippen molar-refractivity contribution in [1.82, 2.24) is 5.32 Å². The molecule has 0 spiro atoms. The van der Waals surface area contributed by atoms with Crippen LogP contribution in [-0.2, 0) is 6.42 Å². The first kappa shape index (κ1) is 14.9. The average Bonchev–Trinajstić information content (AvgIpc) is 2.42. The summed E-state index contributed by atoms with van der Waals surface area (Å²) in [4.78, 5) is 0. The van der Waals surface area contributed by atoms with Crippen LogP contribution in [-0.4, -0.2) is 13.1 Å². The Bertz CT molecular complexity index is 391. The predicted octanol–water partition coefficient (Wildman–Crippen LogP) is 4.69. The summed E-state index contributed by atoms with van der Waals surface area (Å²) in [6, 6.07) is 8.96.